The summed E-state index contributed by atoms with van der Waals surface area (Å²) in [5, 5.41) is 11.4. The minimum atomic E-state index is -0.849. The van der Waals surface area contributed by atoms with Crippen molar-refractivity contribution in [2.75, 3.05) is 11.9 Å². The molecule has 0 saturated carbocycles. The molecule has 7 heteroatoms. The summed E-state index contributed by atoms with van der Waals surface area (Å²) in [5.41, 5.74) is 6.55. The summed E-state index contributed by atoms with van der Waals surface area (Å²) in [7, 11) is 0. The largest absolute Gasteiger partial charge is 0.395 e. The summed E-state index contributed by atoms with van der Waals surface area (Å²) in [6.07, 6.45) is 0.312. The highest BCUT2D eigenvalue weighted by molar-refractivity contribution is 6.05. The molecule has 23 heavy (non-hydrogen) atoms. The third-order valence-electron chi connectivity index (χ3n) is 3.16. The lowest BCUT2D eigenvalue weighted by Crippen LogP contribution is -2.28. The zero-order chi connectivity index (χ0) is 16.1. The molecule has 0 bridgehead atoms. The van der Waals surface area contributed by atoms with E-state index in [2.05, 4.69) is 5.32 Å². The van der Waals surface area contributed by atoms with Crippen molar-refractivity contribution in [2.24, 2.45) is 5.73 Å². The molecule has 2 rings (SSSR count). The molecule has 0 heterocycles. The topological polar surface area (TPSA) is 75.3 Å². The molecule has 124 valence electrons. The lowest BCUT2D eigenvalue weighted by atomic mass is 10.0. The average Bonchev–Trinajstić information content (AvgIpc) is 2.50. The van der Waals surface area contributed by atoms with Crippen LogP contribution in [0.25, 0.3) is 0 Å². The number of aliphatic hydroxyl groups is 1. The Balaban J connectivity index is 0.00000264. The lowest BCUT2D eigenvalue weighted by molar-refractivity contribution is 0.102. The normalized spacial score (nSPS) is 11.5. The van der Waals surface area contributed by atoms with Crippen molar-refractivity contribution in [3.8, 4) is 0 Å². The Morgan fingerprint density at radius 2 is 1.91 bits per heavy atom. The van der Waals surface area contributed by atoms with Crippen LogP contribution in [0, 0.1) is 11.6 Å². The molecule has 0 spiro atoms. The van der Waals surface area contributed by atoms with Crippen LogP contribution in [0.5, 0.6) is 0 Å². The van der Waals surface area contributed by atoms with Crippen LogP contribution in [0.2, 0.25) is 0 Å². The average molecular weight is 343 g/mol. The van der Waals surface area contributed by atoms with Crippen molar-refractivity contribution in [3.63, 3.8) is 0 Å². The number of amides is 1. The fraction of sp³-hybridized carbons (Fsp3) is 0.188. The van der Waals surface area contributed by atoms with Gasteiger partial charge >= 0.3 is 0 Å². The van der Waals surface area contributed by atoms with Crippen LogP contribution < -0.4 is 11.1 Å². The van der Waals surface area contributed by atoms with E-state index in [1.807, 2.05) is 0 Å². The second kappa shape index (κ2) is 8.57. The van der Waals surface area contributed by atoms with Gasteiger partial charge < -0.3 is 16.2 Å². The van der Waals surface area contributed by atoms with Crippen LogP contribution in [0.1, 0.15) is 15.9 Å². The van der Waals surface area contributed by atoms with Crippen molar-refractivity contribution < 1.29 is 18.7 Å². The minimum absolute atomic E-state index is 0. The van der Waals surface area contributed by atoms with Crippen LogP contribution in [-0.2, 0) is 6.42 Å². The maximum Gasteiger partial charge on any atom is 0.256 e. The number of halogens is 3. The van der Waals surface area contributed by atoms with E-state index in [1.165, 1.54) is 0 Å². The van der Waals surface area contributed by atoms with E-state index in [9.17, 15) is 13.6 Å². The molecule has 2 aromatic rings. The van der Waals surface area contributed by atoms with Crippen LogP contribution in [0.15, 0.2) is 42.5 Å². The summed E-state index contributed by atoms with van der Waals surface area (Å²) in [4.78, 5) is 12.3. The van der Waals surface area contributed by atoms with E-state index in [0.717, 1.165) is 12.1 Å². The Hall–Kier alpha value is -2.02. The first-order valence-corrected chi connectivity index (χ1v) is 6.72. The summed E-state index contributed by atoms with van der Waals surface area (Å²) in [6.45, 7) is -0.206. The first-order chi connectivity index (χ1) is 10.5. The van der Waals surface area contributed by atoms with Crippen LogP contribution in [0.3, 0.4) is 0 Å². The van der Waals surface area contributed by atoms with Gasteiger partial charge in [-0.05, 0) is 30.2 Å². The number of hydrogen-bond donors (Lipinski definition) is 3. The summed E-state index contributed by atoms with van der Waals surface area (Å²) >= 11 is 0. The molecular formula is C16H17ClF2N2O2. The molecule has 4 nitrogen and oxygen atoms in total. The quantitative estimate of drug-likeness (QED) is 0.781. The van der Waals surface area contributed by atoms with Crippen molar-refractivity contribution in [3.05, 3.63) is 65.2 Å². The molecule has 2 aromatic carbocycles. The summed E-state index contributed by atoms with van der Waals surface area (Å²) in [6, 6.07) is 9.14. The van der Waals surface area contributed by atoms with Gasteiger partial charge in [0.05, 0.1) is 12.3 Å². The number of nitrogens with two attached hydrogens (primary N) is 1. The Kier molecular flexibility index (Phi) is 7.09. The first-order valence-electron chi connectivity index (χ1n) is 6.72. The molecule has 0 fully saturated rings. The van der Waals surface area contributed by atoms with Gasteiger partial charge in [0.25, 0.3) is 5.91 Å². The van der Waals surface area contributed by atoms with E-state index >= 15 is 0 Å². The van der Waals surface area contributed by atoms with E-state index in [4.69, 9.17) is 10.8 Å². The number of carbonyl (C=O) groups is 1. The zero-order valence-electron chi connectivity index (χ0n) is 12.1. The molecule has 0 aliphatic carbocycles. The number of benzene rings is 2. The third-order valence-corrected chi connectivity index (χ3v) is 3.16. The van der Waals surface area contributed by atoms with E-state index in [1.54, 1.807) is 24.3 Å². The Bertz CT molecular complexity index is 683. The predicted octanol–water partition coefficient (Wildman–Crippen LogP) is 2.50. The molecular weight excluding hydrogens is 326 g/mol. The van der Waals surface area contributed by atoms with Crippen LogP contribution in [-0.4, -0.2) is 23.7 Å². The minimum Gasteiger partial charge on any atom is -0.395 e. The second-order valence-corrected chi connectivity index (χ2v) is 4.88. The summed E-state index contributed by atoms with van der Waals surface area (Å²) in [5.74, 6) is -2.09. The highest BCUT2D eigenvalue weighted by atomic mass is 35.5. The van der Waals surface area contributed by atoms with E-state index < -0.39 is 23.6 Å². The Labute approximate surface area is 138 Å². The monoisotopic (exact) mass is 342 g/mol. The third kappa shape index (κ3) is 4.99. The van der Waals surface area contributed by atoms with Crippen molar-refractivity contribution in [1.82, 2.24) is 0 Å². The molecule has 0 unspecified atom stereocenters. The van der Waals surface area contributed by atoms with Crippen molar-refractivity contribution in [1.29, 1.82) is 0 Å². The van der Waals surface area contributed by atoms with Crippen LogP contribution in [0.4, 0.5) is 14.5 Å². The van der Waals surface area contributed by atoms with Gasteiger partial charge in [-0.25, -0.2) is 8.78 Å². The number of rotatable bonds is 5. The van der Waals surface area contributed by atoms with Gasteiger partial charge in [0, 0.05) is 17.7 Å². The molecule has 1 atom stereocenters. The van der Waals surface area contributed by atoms with Gasteiger partial charge in [-0.3, -0.25) is 4.79 Å². The lowest BCUT2D eigenvalue weighted by Gasteiger charge is -2.13. The number of aliphatic hydroxyl groups excluding tert-OH is 1. The van der Waals surface area contributed by atoms with Crippen LogP contribution >= 0.6 is 12.4 Å². The van der Waals surface area contributed by atoms with Gasteiger partial charge in [-0.2, -0.15) is 0 Å². The molecule has 0 saturated heterocycles. The second-order valence-electron chi connectivity index (χ2n) is 4.88. The fourth-order valence-corrected chi connectivity index (χ4v) is 2.05. The number of carbonyl (C=O) groups excluding carboxylic acids is 1. The molecule has 0 aliphatic heterocycles. The molecule has 0 aromatic heterocycles. The Morgan fingerprint density at radius 3 is 2.57 bits per heavy atom. The number of anilines is 1. The fourth-order valence-electron chi connectivity index (χ4n) is 2.05. The molecule has 4 N–H and O–H groups in total. The number of hydrogen-bond acceptors (Lipinski definition) is 3. The Morgan fingerprint density at radius 1 is 1.22 bits per heavy atom. The zero-order valence-corrected chi connectivity index (χ0v) is 12.9. The maximum absolute atomic E-state index is 13.6. The van der Waals surface area contributed by atoms with Gasteiger partial charge in [0.15, 0.2) is 0 Å². The number of nitrogens with one attached hydrogen (secondary N) is 1. The van der Waals surface area contributed by atoms with Crippen molar-refractivity contribution >= 4 is 24.0 Å². The van der Waals surface area contributed by atoms with Gasteiger partial charge in [0.1, 0.15) is 11.6 Å². The van der Waals surface area contributed by atoms with E-state index in [0.29, 0.717) is 23.6 Å². The predicted molar refractivity (Wildman–Crippen MR) is 86.8 cm³/mol. The highest BCUT2D eigenvalue weighted by Crippen LogP contribution is 2.18. The first kappa shape index (κ1) is 19.0. The van der Waals surface area contributed by atoms with Gasteiger partial charge in [-0.15, -0.1) is 12.4 Å². The van der Waals surface area contributed by atoms with Crippen molar-refractivity contribution in [2.45, 2.75) is 12.5 Å². The molecule has 0 aliphatic rings. The SMILES string of the molecule is Cl.N[C@@H](CO)Cc1ccccc1C(=O)Nc1ccc(F)cc1F. The van der Waals surface area contributed by atoms with Gasteiger partial charge in [0.2, 0.25) is 0 Å². The van der Waals surface area contributed by atoms with Gasteiger partial charge in [-0.1, -0.05) is 18.2 Å². The standard InChI is InChI=1S/C16H16F2N2O2.ClH/c17-11-5-6-15(14(18)8-11)20-16(22)13-4-2-1-3-10(13)7-12(19)9-21;/h1-6,8,12,21H,7,9,19H2,(H,20,22);1H/t12-;/m1./s1. The molecule has 0 radical (unpaired) electrons. The smallest absolute Gasteiger partial charge is 0.256 e. The highest BCUT2D eigenvalue weighted by Gasteiger charge is 2.15. The maximum atomic E-state index is 13.6. The summed E-state index contributed by atoms with van der Waals surface area (Å²) < 4.78 is 26.4. The molecule has 1 amide bonds. The van der Waals surface area contributed by atoms with E-state index in [-0.39, 0.29) is 24.7 Å².